The number of rotatable bonds is 1. The minimum atomic E-state index is 0.189. The number of amides is 1. The molecule has 28 heavy (non-hydrogen) atoms. The zero-order valence-corrected chi connectivity index (χ0v) is 16.8. The molecule has 4 atom stereocenters. The van der Waals surface area contributed by atoms with E-state index in [0.717, 1.165) is 43.5 Å². The monoisotopic (exact) mass is 380 g/mol. The molecule has 5 nitrogen and oxygen atoms in total. The summed E-state index contributed by atoms with van der Waals surface area (Å²) in [6.45, 7) is 3.34. The van der Waals surface area contributed by atoms with Gasteiger partial charge in [-0.1, -0.05) is 18.1 Å². The van der Waals surface area contributed by atoms with E-state index in [-0.39, 0.29) is 5.91 Å². The van der Waals surface area contributed by atoms with Crippen LogP contribution in [0.2, 0.25) is 0 Å². The number of aryl methyl sites for hydroxylation is 1. The summed E-state index contributed by atoms with van der Waals surface area (Å²) in [4.78, 5) is 18.6. The molecule has 0 spiro atoms. The smallest absolute Gasteiger partial charge is 0.275 e. The second kappa shape index (κ2) is 6.72. The predicted molar refractivity (Wildman–Crippen MR) is 108 cm³/mol. The third-order valence-corrected chi connectivity index (χ3v) is 8.18. The fourth-order valence-electron chi connectivity index (χ4n) is 7.00. The molecule has 0 saturated carbocycles. The molecular formula is C23H32N4O. The predicted octanol–water partition coefficient (Wildman–Crippen LogP) is 3.32. The van der Waals surface area contributed by atoms with Gasteiger partial charge in [-0.25, -0.2) is 0 Å². The zero-order valence-electron chi connectivity index (χ0n) is 16.8. The van der Waals surface area contributed by atoms with Gasteiger partial charge in [-0.15, -0.1) is 0 Å². The largest absolute Gasteiger partial charge is 0.330 e. The van der Waals surface area contributed by atoms with Crippen molar-refractivity contribution >= 4 is 5.91 Å². The molecule has 0 aromatic carbocycles. The van der Waals surface area contributed by atoms with Gasteiger partial charge in [-0.3, -0.25) is 14.8 Å². The van der Waals surface area contributed by atoms with E-state index in [9.17, 15) is 4.79 Å². The quantitative estimate of drug-likeness (QED) is 0.761. The van der Waals surface area contributed by atoms with Crippen molar-refractivity contribution in [3.05, 3.63) is 28.6 Å². The second-order valence-corrected chi connectivity index (χ2v) is 9.74. The lowest BCUT2D eigenvalue weighted by atomic mass is 9.68. The summed E-state index contributed by atoms with van der Waals surface area (Å²) in [5.41, 5.74) is 4.71. The van der Waals surface area contributed by atoms with E-state index in [1.54, 1.807) is 5.57 Å². The average Bonchev–Trinajstić information content (AvgIpc) is 3.17. The van der Waals surface area contributed by atoms with Crippen molar-refractivity contribution in [2.75, 3.05) is 19.6 Å². The highest BCUT2D eigenvalue weighted by Gasteiger charge is 2.47. The Labute approximate surface area is 167 Å². The molecule has 2 aliphatic carbocycles. The topological polar surface area (TPSA) is 52.2 Å². The minimum absolute atomic E-state index is 0.189. The molecule has 5 aliphatic rings. The summed E-state index contributed by atoms with van der Waals surface area (Å²) in [5.74, 6) is 1.52. The van der Waals surface area contributed by atoms with Crippen LogP contribution in [-0.2, 0) is 12.8 Å². The fraction of sp³-hybridized carbons (Fsp3) is 0.739. The van der Waals surface area contributed by atoms with Crippen molar-refractivity contribution in [2.45, 2.75) is 76.3 Å². The van der Waals surface area contributed by atoms with Crippen molar-refractivity contribution in [3.63, 3.8) is 0 Å². The first-order valence-corrected chi connectivity index (χ1v) is 11.6. The Morgan fingerprint density at radius 1 is 1.07 bits per heavy atom. The van der Waals surface area contributed by atoms with Gasteiger partial charge in [0.05, 0.1) is 6.04 Å². The van der Waals surface area contributed by atoms with Gasteiger partial charge >= 0.3 is 0 Å². The number of nitrogens with zero attached hydrogens (tertiary/aromatic N) is 3. The van der Waals surface area contributed by atoms with Crippen LogP contribution in [0, 0.1) is 11.8 Å². The van der Waals surface area contributed by atoms with E-state index in [2.05, 4.69) is 26.1 Å². The maximum Gasteiger partial charge on any atom is 0.275 e. The lowest BCUT2D eigenvalue weighted by molar-refractivity contribution is 0.00128. The molecule has 1 N–H and O–H groups in total. The summed E-state index contributed by atoms with van der Waals surface area (Å²) in [5, 5.41) is 7.69. The number of H-pyrrole nitrogens is 1. The van der Waals surface area contributed by atoms with Gasteiger partial charge in [-0.05, 0) is 76.2 Å². The highest BCUT2D eigenvalue weighted by atomic mass is 16.2. The molecule has 2 bridgehead atoms. The molecule has 6 rings (SSSR count). The summed E-state index contributed by atoms with van der Waals surface area (Å²) < 4.78 is 0. The van der Waals surface area contributed by atoms with Gasteiger partial charge in [0, 0.05) is 30.4 Å². The van der Waals surface area contributed by atoms with E-state index >= 15 is 0 Å². The first-order valence-electron chi connectivity index (χ1n) is 11.6. The molecule has 3 fully saturated rings. The Hall–Kier alpha value is -1.62. The van der Waals surface area contributed by atoms with Crippen molar-refractivity contribution in [1.82, 2.24) is 20.0 Å². The first-order chi connectivity index (χ1) is 13.8. The number of carbonyl (C=O) groups excluding carboxylic acids is 1. The lowest BCUT2D eigenvalue weighted by Gasteiger charge is -2.54. The van der Waals surface area contributed by atoms with E-state index in [1.165, 1.54) is 69.3 Å². The number of carbonyl (C=O) groups is 1. The maximum atomic E-state index is 13.6. The van der Waals surface area contributed by atoms with E-state index in [4.69, 9.17) is 0 Å². The van der Waals surface area contributed by atoms with Crippen LogP contribution in [0.5, 0.6) is 0 Å². The van der Waals surface area contributed by atoms with Gasteiger partial charge in [0.15, 0.2) is 5.69 Å². The van der Waals surface area contributed by atoms with Gasteiger partial charge in [0.2, 0.25) is 0 Å². The van der Waals surface area contributed by atoms with Crippen LogP contribution in [0.4, 0.5) is 0 Å². The zero-order chi connectivity index (χ0) is 18.7. The number of piperidine rings is 3. The fourth-order valence-corrected chi connectivity index (χ4v) is 7.00. The normalized spacial score (nSPS) is 34.9. The molecule has 1 aromatic rings. The van der Waals surface area contributed by atoms with Crippen LogP contribution >= 0.6 is 0 Å². The van der Waals surface area contributed by atoms with E-state index in [0.29, 0.717) is 12.0 Å². The number of hydrogen-bond donors (Lipinski definition) is 1. The molecular weight excluding hydrogens is 348 g/mol. The van der Waals surface area contributed by atoms with Crippen LogP contribution in [0.25, 0.3) is 0 Å². The highest BCUT2D eigenvalue weighted by Crippen LogP contribution is 2.45. The van der Waals surface area contributed by atoms with Crippen molar-refractivity contribution < 1.29 is 4.79 Å². The Balaban J connectivity index is 1.32. The Morgan fingerprint density at radius 3 is 2.96 bits per heavy atom. The van der Waals surface area contributed by atoms with Crippen molar-refractivity contribution in [2.24, 2.45) is 11.8 Å². The number of fused-ring (bicyclic) bond motifs is 7. The minimum Gasteiger partial charge on any atom is -0.330 e. The van der Waals surface area contributed by atoms with E-state index < -0.39 is 0 Å². The number of hydrogen-bond acceptors (Lipinski definition) is 3. The third-order valence-electron chi connectivity index (χ3n) is 8.18. The SMILES string of the molecule is O=C(c1n[nH]c2c1CCCC2)N1CCCC2=CC3CC(CN4CCCC[C@H]34)[C@@H]21. The number of nitrogens with one attached hydrogen (secondary N) is 1. The third kappa shape index (κ3) is 2.62. The highest BCUT2D eigenvalue weighted by molar-refractivity contribution is 5.94. The standard InChI is InChI=1S/C23H32N4O/c28-23(21-18-7-1-2-8-19(18)24-25-21)27-11-5-6-15-12-16-13-17(22(15)27)14-26-10-4-3-9-20(16)26/h12,16-17,20,22H,1-11,13-14H2,(H,24,25)/t16?,17?,20-,22-/m1/s1. The second-order valence-electron chi connectivity index (χ2n) is 9.74. The van der Waals surface area contributed by atoms with Crippen LogP contribution in [-0.4, -0.2) is 57.6 Å². The molecule has 2 unspecified atom stereocenters. The van der Waals surface area contributed by atoms with Crippen molar-refractivity contribution in [3.8, 4) is 0 Å². The summed E-state index contributed by atoms with van der Waals surface area (Å²) in [6, 6.07) is 1.08. The van der Waals surface area contributed by atoms with Crippen LogP contribution in [0.1, 0.15) is 73.1 Å². The summed E-state index contributed by atoms with van der Waals surface area (Å²) in [7, 11) is 0. The molecule has 1 amide bonds. The van der Waals surface area contributed by atoms with Gasteiger partial charge in [-0.2, -0.15) is 5.10 Å². The molecule has 1 aromatic heterocycles. The molecule has 5 heteroatoms. The maximum absolute atomic E-state index is 13.6. The first kappa shape index (κ1) is 17.3. The van der Waals surface area contributed by atoms with Gasteiger partial charge < -0.3 is 4.90 Å². The van der Waals surface area contributed by atoms with E-state index in [1.807, 2.05) is 0 Å². The lowest BCUT2D eigenvalue weighted by Crippen LogP contribution is -2.60. The van der Waals surface area contributed by atoms with Crippen LogP contribution in [0.3, 0.4) is 0 Å². The molecule has 0 radical (unpaired) electrons. The number of likely N-dealkylation sites (tertiary alicyclic amines) is 1. The van der Waals surface area contributed by atoms with Crippen LogP contribution in [0.15, 0.2) is 11.6 Å². The number of aromatic nitrogens is 2. The van der Waals surface area contributed by atoms with Gasteiger partial charge in [0.1, 0.15) is 0 Å². The summed E-state index contributed by atoms with van der Waals surface area (Å²) >= 11 is 0. The Kier molecular flexibility index (Phi) is 4.14. The Morgan fingerprint density at radius 2 is 2.00 bits per heavy atom. The average molecular weight is 381 g/mol. The molecule has 150 valence electrons. The van der Waals surface area contributed by atoms with Gasteiger partial charge in [0.25, 0.3) is 5.91 Å². The molecule has 3 saturated heterocycles. The summed E-state index contributed by atoms with van der Waals surface area (Å²) in [6.07, 6.45) is 14.7. The molecule has 4 heterocycles. The van der Waals surface area contributed by atoms with Crippen LogP contribution < -0.4 is 0 Å². The number of aromatic amines is 1. The Bertz CT molecular complexity index is 812. The van der Waals surface area contributed by atoms with Crippen molar-refractivity contribution in [1.29, 1.82) is 0 Å². The molecule has 3 aliphatic heterocycles.